The van der Waals surface area contributed by atoms with Gasteiger partial charge in [-0.1, -0.05) is 51.2 Å². The molecule has 1 heterocycles. The molecule has 3 aliphatic rings. The molecule has 0 aromatic rings. The average Bonchev–Trinajstić information content (AvgIpc) is 2.51. The van der Waals surface area contributed by atoms with Crippen LogP contribution in [0.1, 0.15) is 45.4 Å². The number of hydrogen-bond acceptors (Lipinski definition) is 3. The molecule has 21 heavy (non-hydrogen) atoms. The Balaban J connectivity index is 0.000000170. The van der Waals surface area contributed by atoms with Crippen LogP contribution in [-0.4, -0.2) is 33.0 Å². The first-order chi connectivity index (χ1) is 10.3. The molecule has 0 N–H and O–H groups in total. The van der Waals surface area contributed by atoms with Gasteiger partial charge >= 0.3 is 0 Å². The van der Waals surface area contributed by atoms with Crippen LogP contribution in [0.3, 0.4) is 0 Å². The van der Waals surface area contributed by atoms with Crippen LogP contribution in [0, 0.1) is 10.4 Å². The summed E-state index contributed by atoms with van der Waals surface area (Å²) in [6, 6.07) is 6.18. The quantitative estimate of drug-likeness (QED) is 0.720. The summed E-state index contributed by atoms with van der Waals surface area (Å²) in [6.45, 7) is 4.64. The van der Waals surface area contributed by atoms with E-state index in [0.29, 0.717) is 6.10 Å². The number of rotatable bonds is 7. The van der Waals surface area contributed by atoms with Gasteiger partial charge in [0.2, 0.25) is 0 Å². The molecular weight excluding hydrogens is 264 g/mol. The molecule has 1 aliphatic heterocycles. The molecule has 3 nitrogen and oxygen atoms in total. The molecule has 0 amide bonds. The number of unbranched alkanes of at least 4 members (excludes halogenated alkanes) is 4. The van der Waals surface area contributed by atoms with Crippen molar-refractivity contribution in [3.05, 3.63) is 28.6 Å². The van der Waals surface area contributed by atoms with E-state index in [4.69, 9.17) is 14.2 Å². The highest BCUT2D eigenvalue weighted by atomic mass is 16.6. The Bertz CT molecular complexity index is 492. The molecule has 0 saturated carbocycles. The van der Waals surface area contributed by atoms with Crippen LogP contribution in [0.5, 0.6) is 5.75 Å². The van der Waals surface area contributed by atoms with Crippen LogP contribution in [0.2, 0.25) is 0 Å². The Kier molecular flexibility index (Phi) is 7.04. The highest BCUT2D eigenvalue weighted by Crippen LogP contribution is 2.22. The Morgan fingerprint density at radius 3 is 2.48 bits per heavy atom. The second-order valence-electron chi connectivity index (χ2n) is 5.69. The molecule has 3 rings (SSSR count). The van der Waals surface area contributed by atoms with Crippen LogP contribution in [0.15, 0.2) is 18.2 Å². The Labute approximate surface area is 127 Å². The van der Waals surface area contributed by atoms with E-state index in [1.54, 1.807) is 7.11 Å². The van der Waals surface area contributed by atoms with Gasteiger partial charge in [0.25, 0.3) is 0 Å². The second kappa shape index (κ2) is 9.06. The van der Waals surface area contributed by atoms with Gasteiger partial charge in [-0.3, -0.25) is 0 Å². The SMILES string of the molecule is CCCCCCCC1COCCO1.COc1cc2ccc1=2. The summed E-state index contributed by atoms with van der Waals surface area (Å²) < 4.78 is 15.9. The van der Waals surface area contributed by atoms with E-state index in [1.807, 2.05) is 6.07 Å². The molecule has 1 saturated heterocycles. The molecule has 0 bridgehead atoms. The summed E-state index contributed by atoms with van der Waals surface area (Å²) >= 11 is 0. The van der Waals surface area contributed by atoms with Crippen molar-refractivity contribution >= 4 is 0 Å². The third kappa shape index (κ3) is 5.01. The van der Waals surface area contributed by atoms with Gasteiger partial charge in [0.1, 0.15) is 5.75 Å². The zero-order valence-electron chi connectivity index (χ0n) is 13.4. The molecule has 1 fully saturated rings. The Hall–Kier alpha value is -1.06. The van der Waals surface area contributed by atoms with Gasteiger partial charge in [0.05, 0.1) is 33.0 Å². The standard InChI is InChI=1S/C11H22O2.C7H6O/c1-2-3-4-5-6-7-11-10-12-8-9-13-11;1-8-7-4-5-2-3-6(5)7/h11H,2-10H2,1H3;2-4H,1H3. The normalized spacial score (nSPS) is 18.7. The summed E-state index contributed by atoms with van der Waals surface area (Å²) in [5.41, 5.74) is 0. The molecule has 1 unspecified atom stereocenters. The van der Waals surface area contributed by atoms with Crippen molar-refractivity contribution in [2.75, 3.05) is 26.9 Å². The zero-order valence-corrected chi connectivity index (χ0v) is 13.4. The number of ether oxygens (including phenoxy) is 3. The monoisotopic (exact) mass is 292 g/mol. The molecule has 0 radical (unpaired) electrons. The minimum Gasteiger partial charge on any atom is -0.496 e. The minimum atomic E-state index is 0.385. The van der Waals surface area contributed by atoms with Crippen LogP contribution >= 0.6 is 0 Å². The third-order valence-corrected chi connectivity index (χ3v) is 4.03. The number of methoxy groups -OCH3 is 1. The maximum atomic E-state index is 5.56. The topological polar surface area (TPSA) is 27.7 Å². The zero-order chi connectivity index (χ0) is 14.9. The second-order valence-corrected chi connectivity index (χ2v) is 5.69. The van der Waals surface area contributed by atoms with Crippen molar-refractivity contribution < 1.29 is 14.2 Å². The first kappa shape index (κ1) is 16.3. The van der Waals surface area contributed by atoms with Gasteiger partial charge in [0.15, 0.2) is 0 Å². The fraction of sp³-hybridized carbons (Fsp3) is 0.667. The summed E-state index contributed by atoms with van der Waals surface area (Å²) in [5.74, 6) is 1.03. The maximum Gasteiger partial charge on any atom is 0.127 e. The lowest BCUT2D eigenvalue weighted by atomic mass is 10.1. The van der Waals surface area contributed by atoms with Gasteiger partial charge < -0.3 is 14.2 Å². The predicted molar refractivity (Wildman–Crippen MR) is 84.6 cm³/mol. The van der Waals surface area contributed by atoms with E-state index in [9.17, 15) is 0 Å². The van der Waals surface area contributed by atoms with Gasteiger partial charge in [-0.2, -0.15) is 0 Å². The third-order valence-electron chi connectivity index (χ3n) is 4.03. The molecule has 0 aromatic heterocycles. The molecule has 0 aromatic carbocycles. The van der Waals surface area contributed by atoms with Crippen molar-refractivity contribution in [3.63, 3.8) is 0 Å². The maximum absolute atomic E-state index is 5.56. The van der Waals surface area contributed by atoms with E-state index in [1.165, 1.54) is 49.0 Å². The lowest BCUT2D eigenvalue weighted by Crippen LogP contribution is -2.28. The largest absolute Gasteiger partial charge is 0.496 e. The number of hydrogen-bond donors (Lipinski definition) is 0. The lowest BCUT2D eigenvalue weighted by molar-refractivity contribution is -0.0912. The van der Waals surface area contributed by atoms with Crippen molar-refractivity contribution in [1.29, 1.82) is 0 Å². The summed E-state index contributed by atoms with van der Waals surface area (Å²) in [7, 11) is 1.70. The molecule has 2 aliphatic carbocycles. The first-order valence-corrected chi connectivity index (χ1v) is 8.23. The Morgan fingerprint density at radius 2 is 2.00 bits per heavy atom. The van der Waals surface area contributed by atoms with Gasteiger partial charge in [-0.05, 0) is 17.7 Å². The summed E-state index contributed by atoms with van der Waals surface area (Å²) in [4.78, 5) is 0. The van der Waals surface area contributed by atoms with E-state index in [2.05, 4.69) is 19.1 Å². The van der Waals surface area contributed by atoms with Crippen molar-refractivity contribution in [2.24, 2.45) is 0 Å². The number of benzene rings is 1. The first-order valence-electron chi connectivity index (χ1n) is 8.23. The fourth-order valence-corrected chi connectivity index (χ4v) is 2.60. The van der Waals surface area contributed by atoms with Crippen LogP contribution in [0.4, 0.5) is 0 Å². The predicted octanol–water partition coefficient (Wildman–Crippen LogP) is 4.06. The smallest absolute Gasteiger partial charge is 0.127 e. The minimum absolute atomic E-state index is 0.385. The van der Waals surface area contributed by atoms with Gasteiger partial charge in [-0.25, -0.2) is 0 Å². The lowest BCUT2D eigenvalue weighted by Gasteiger charge is -2.22. The van der Waals surface area contributed by atoms with Crippen molar-refractivity contribution in [2.45, 2.75) is 51.6 Å². The van der Waals surface area contributed by atoms with E-state index < -0.39 is 0 Å². The van der Waals surface area contributed by atoms with Crippen molar-refractivity contribution in [1.82, 2.24) is 0 Å². The van der Waals surface area contributed by atoms with Gasteiger partial charge in [-0.15, -0.1) is 0 Å². The van der Waals surface area contributed by atoms with E-state index in [-0.39, 0.29) is 0 Å². The molecule has 118 valence electrons. The van der Waals surface area contributed by atoms with Gasteiger partial charge in [0, 0.05) is 5.22 Å². The summed E-state index contributed by atoms with van der Waals surface area (Å²) in [6.07, 6.45) is 8.30. The van der Waals surface area contributed by atoms with Crippen molar-refractivity contribution in [3.8, 4) is 5.75 Å². The average molecular weight is 292 g/mol. The van der Waals surface area contributed by atoms with E-state index in [0.717, 1.165) is 25.6 Å². The van der Waals surface area contributed by atoms with Crippen LogP contribution < -0.4 is 4.74 Å². The molecular formula is C18H28O3. The molecule has 1 atom stereocenters. The van der Waals surface area contributed by atoms with Crippen LogP contribution in [0.25, 0.3) is 0 Å². The highest BCUT2D eigenvalue weighted by Gasteiger charge is 2.12. The molecule has 3 heteroatoms. The van der Waals surface area contributed by atoms with E-state index >= 15 is 0 Å². The highest BCUT2D eigenvalue weighted by molar-refractivity contribution is 5.38. The van der Waals surface area contributed by atoms with Crippen LogP contribution in [-0.2, 0) is 9.47 Å². The Morgan fingerprint density at radius 1 is 1.14 bits per heavy atom. The summed E-state index contributed by atoms with van der Waals surface area (Å²) in [5, 5.41) is 2.62. The fourth-order valence-electron chi connectivity index (χ4n) is 2.60. The molecule has 0 spiro atoms.